The molecular formula is C46H48O9. The standard InChI is InChI=1S/C46H48O9/c1-6-16-33(17-7-1)26-47-31-38-40(48-27-34-18-8-2-9-19-34)42(49-28-35-20-10-3-11-21-35)43(50-29-36-22-12-4-13-23-36)46(53-38)54-39-32-52-45(44-41(39)55-44)51-30-37-24-14-5-15-25-37/h1-25,38-46H,26-32H2/t38-,39-,40-,41-,42+,43-,44-,45-,46+/m1/s1. The molecule has 0 N–H and O–H groups in total. The number of rotatable bonds is 18. The molecule has 0 spiro atoms. The summed E-state index contributed by atoms with van der Waals surface area (Å²) in [7, 11) is 0. The molecule has 0 saturated carbocycles. The molecule has 0 aliphatic carbocycles. The average Bonchev–Trinajstić information content (AvgIpc) is 4.06. The fraction of sp³-hybridized carbons (Fsp3) is 0.348. The van der Waals surface area contributed by atoms with Gasteiger partial charge in [0.25, 0.3) is 0 Å². The van der Waals surface area contributed by atoms with Crippen molar-refractivity contribution in [1.29, 1.82) is 0 Å². The number of hydrogen-bond acceptors (Lipinski definition) is 9. The minimum absolute atomic E-state index is 0.212. The summed E-state index contributed by atoms with van der Waals surface area (Å²) in [6.45, 7) is 2.37. The first-order valence-electron chi connectivity index (χ1n) is 19.1. The van der Waals surface area contributed by atoms with Crippen molar-refractivity contribution in [2.24, 2.45) is 0 Å². The molecule has 8 rings (SSSR count). The van der Waals surface area contributed by atoms with Crippen LogP contribution in [0.1, 0.15) is 27.8 Å². The van der Waals surface area contributed by atoms with Gasteiger partial charge in [0.2, 0.25) is 0 Å². The zero-order valence-corrected chi connectivity index (χ0v) is 30.8. The van der Waals surface area contributed by atoms with E-state index >= 15 is 0 Å². The second kappa shape index (κ2) is 19.1. The van der Waals surface area contributed by atoms with E-state index < -0.39 is 43.1 Å². The van der Waals surface area contributed by atoms with Gasteiger partial charge >= 0.3 is 0 Å². The normalized spacial score (nSPS) is 27.3. The van der Waals surface area contributed by atoms with Gasteiger partial charge in [-0.05, 0) is 27.8 Å². The predicted molar refractivity (Wildman–Crippen MR) is 204 cm³/mol. The molecule has 9 heteroatoms. The number of benzene rings is 5. The monoisotopic (exact) mass is 744 g/mol. The lowest BCUT2D eigenvalue weighted by Gasteiger charge is -2.46. The molecule has 286 valence electrons. The van der Waals surface area contributed by atoms with Crippen molar-refractivity contribution < 1.29 is 42.6 Å². The maximum Gasteiger partial charge on any atom is 0.187 e. The Bertz CT molecular complexity index is 1830. The van der Waals surface area contributed by atoms with Gasteiger partial charge in [-0.2, -0.15) is 0 Å². The van der Waals surface area contributed by atoms with Gasteiger partial charge in [0.05, 0.1) is 46.2 Å². The molecule has 3 aliphatic heterocycles. The second-order valence-electron chi connectivity index (χ2n) is 14.1. The van der Waals surface area contributed by atoms with E-state index in [0.29, 0.717) is 33.0 Å². The van der Waals surface area contributed by atoms with Crippen LogP contribution in [0.4, 0.5) is 0 Å². The molecule has 0 radical (unpaired) electrons. The minimum Gasteiger partial charge on any atom is -0.374 e. The van der Waals surface area contributed by atoms with Crippen LogP contribution in [-0.4, -0.2) is 68.5 Å². The fourth-order valence-corrected chi connectivity index (χ4v) is 7.07. The third kappa shape index (κ3) is 10.3. The largest absolute Gasteiger partial charge is 0.374 e. The highest BCUT2D eigenvalue weighted by Gasteiger charge is 2.58. The maximum atomic E-state index is 6.89. The van der Waals surface area contributed by atoms with Gasteiger partial charge in [-0.1, -0.05) is 152 Å². The molecule has 0 unspecified atom stereocenters. The smallest absolute Gasteiger partial charge is 0.187 e. The Hall–Kier alpha value is -4.26. The summed E-state index contributed by atoms with van der Waals surface area (Å²) in [6, 6.07) is 50.4. The average molecular weight is 745 g/mol. The van der Waals surface area contributed by atoms with E-state index in [1.165, 1.54) is 0 Å². The van der Waals surface area contributed by atoms with E-state index in [1.54, 1.807) is 0 Å². The van der Waals surface area contributed by atoms with Gasteiger partial charge < -0.3 is 42.6 Å². The van der Waals surface area contributed by atoms with E-state index in [9.17, 15) is 0 Å². The lowest BCUT2D eigenvalue weighted by Crippen LogP contribution is -2.62. The number of ether oxygens (including phenoxy) is 9. The number of fused-ring (bicyclic) bond motifs is 1. The SMILES string of the molecule is c1ccc(COC[C@H]2O[C@@H](O[C@@H]3CO[C@@H](OCc4ccccc4)[C@@H]4O[C@@H]43)[C@H](OCc3ccccc3)[C@@H](OCc3ccccc3)[C@@H]2OCc2ccccc2)cc1. The van der Waals surface area contributed by atoms with Crippen molar-refractivity contribution >= 4 is 0 Å². The van der Waals surface area contributed by atoms with Crippen LogP contribution in [0.25, 0.3) is 0 Å². The van der Waals surface area contributed by atoms with Crippen LogP contribution in [0.2, 0.25) is 0 Å². The van der Waals surface area contributed by atoms with Gasteiger partial charge in [-0.25, -0.2) is 0 Å². The van der Waals surface area contributed by atoms with Gasteiger partial charge in [0, 0.05) is 0 Å². The van der Waals surface area contributed by atoms with Crippen molar-refractivity contribution in [2.75, 3.05) is 13.2 Å². The highest BCUT2D eigenvalue weighted by molar-refractivity contribution is 5.17. The maximum absolute atomic E-state index is 6.89. The summed E-state index contributed by atoms with van der Waals surface area (Å²) < 4.78 is 59.0. The van der Waals surface area contributed by atoms with Crippen molar-refractivity contribution in [3.8, 4) is 0 Å². The summed E-state index contributed by atoms with van der Waals surface area (Å²) in [6.07, 6.45) is -4.62. The molecule has 3 heterocycles. The Labute approximate surface area is 323 Å². The van der Waals surface area contributed by atoms with E-state index in [1.807, 2.05) is 152 Å². The van der Waals surface area contributed by atoms with Gasteiger partial charge in [0.15, 0.2) is 12.6 Å². The first-order valence-corrected chi connectivity index (χ1v) is 19.1. The molecular weight excluding hydrogens is 696 g/mol. The fourth-order valence-electron chi connectivity index (χ4n) is 7.07. The Kier molecular flexibility index (Phi) is 13.0. The van der Waals surface area contributed by atoms with E-state index in [2.05, 4.69) is 0 Å². The highest BCUT2D eigenvalue weighted by atomic mass is 16.8. The van der Waals surface area contributed by atoms with Crippen LogP contribution in [-0.2, 0) is 75.7 Å². The molecule has 55 heavy (non-hydrogen) atoms. The van der Waals surface area contributed by atoms with Crippen molar-refractivity contribution in [3.63, 3.8) is 0 Å². The first kappa shape index (κ1) is 37.7. The Morgan fingerprint density at radius 1 is 0.418 bits per heavy atom. The van der Waals surface area contributed by atoms with Crippen molar-refractivity contribution in [1.82, 2.24) is 0 Å². The van der Waals surface area contributed by atoms with E-state index in [0.717, 1.165) is 27.8 Å². The topological polar surface area (TPSA) is 86.4 Å². The molecule has 5 aromatic rings. The van der Waals surface area contributed by atoms with Crippen LogP contribution in [0.5, 0.6) is 0 Å². The Morgan fingerprint density at radius 3 is 1.36 bits per heavy atom. The van der Waals surface area contributed by atoms with Gasteiger partial charge in [0.1, 0.15) is 42.7 Å². The van der Waals surface area contributed by atoms with Gasteiger partial charge in [-0.3, -0.25) is 0 Å². The van der Waals surface area contributed by atoms with E-state index in [-0.39, 0.29) is 25.4 Å². The van der Waals surface area contributed by atoms with Crippen LogP contribution < -0.4 is 0 Å². The molecule has 5 aromatic carbocycles. The third-order valence-corrected chi connectivity index (χ3v) is 10.0. The zero-order chi connectivity index (χ0) is 37.1. The predicted octanol–water partition coefficient (Wildman–Crippen LogP) is 7.41. The van der Waals surface area contributed by atoms with E-state index in [4.69, 9.17) is 42.6 Å². The molecule has 0 bridgehead atoms. The van der Waals surface area contributed by atoms with Crippen LogP contribution in [0.15, 0.2) is 152 Å². The van der Waals surface area contributed by atoms with Crippen LogP contribution in [0.3, 0.4) is 0 Å². The third-order valence-electron chi connectivity index (χ3n) is 10.0. The molecule has 3 fully saturated rings. The molecule has 3 saturated heterocycles. The quantitative estimate of drug-likeness (QED) is 0.0852. The van der Waals surface area contributed by atoms with Gasteiger partial charge in [-0.15, -0.1) is 0 Å². The summed E-state index contributed by atoms with van der Waals surface area (Å²) >= 11 is 0. The van der Waals surface area contributed by atoms with Crippen molar-refractivity contribution in [2.45, 2.75) is 88.3 Å². The molecule has 9 nitrogen and oxygen atoms in total. The number of hydrogen-bond donors (Lipinski definition) is 0. The summed E-state index contributed by atoms with van der Waals surface area (Å²) in [5.41, 5.74) is 5.22. The van der Waals surface area contributed by atoms with Crippen molar-refractivity contribution in [3.05, 3.63) is 179 Å². The highest BCUT2D eigenvalue weighted by Crippen LogP contribution is 2.39. The Balaban J connectivity index is 1.05. The summed E-state index contributed by atoms with van der Waals surface area (Å²) in [5.74, 6) is 0. The lowest BCUT2D eigenvalue weighted by atomic mass is 9.97. The molecule has 0 amide bonds. The van der Waals surface area contributed by atoms with Crippen LogP contribution >= 0.6 is 0 Å². The summed E-state index contributed by atoms with van der Waals surface area (Å²) in [4.78, 5) is 0. The van der Waals surface area contributed by atoms with Crippen LogP contribution in [0, 0.1) is 0 Å². The zero-order valence-electron chi connectivity index (χ0n) is 30.8. The first-order chi connectivity index (χ1) is 27.3. The Morgan fingerprint density at radius 2 is 0.855 bits per heavy atom. The molecule has 3 aliphatic rings. The minimum atomic E-state index is -0.855. The second-order valence-corrected chi connectivity index (χ2v) is 14.1. The molecule has 0 aromatic heterocycles. The lowest BCUT2D eigenvalue weighted by molar-refractivity contribution is -0.342. The molecule has 9 atom stereocenters. The summed E-state index contributed by atoms with van der Waals surface area (Å²) in [5, 5.41) is 0. The number of epoxide rings is 1.